The molecule has 0 unspecified atom stereocenters. The third kappa shape index (κ3) is 6.76. The lowest BCUT2D eigenvalue weighted by Gasteiger charge is -2.37. The Kier molecular flexibility index (Phi) is 8.05. The number of hydrogen-bond acceptors (Lipinski definition) is 3. The topological polar surface area (TPSA) is 55.4 Å². The van der Waals surface area contributed by atoms with Crippen molar-refractivity contribution in [3.63, 3.8) is 0 Å². The molecule has 0 aliphatic heterocycles. The molecule has 0 aromatic heterocycles. The number of allylic oxidation sites excluding steroid dienone is 1. The van der Waals surface area contributed by atoms with Crippen molar-refractivity contribution >= 4 is 31.6 Å². The monoisotopic (exact) mass is 381 g/mol. The highest BCUT2D eigenvalue weighted by Gasteiger charge is 2.38. The van der Waals surface area contributed by atoms with Crippen molar-refractivity contribution in [2.45, 2.75) is 44.9 Å². The van der Waals surface area contributed by atoms with Crippen LogP contribution in [0.25, 0.3) is 0 Å². The minimum atomic E-state index is -2.03. The summed E-state index contributed by atoms with van der Waals surface area (Å²) in [4.78, 5) is 24.8. The molecule has 1 aromatic carbocycles. The quantitative estimate of drug-likeness (QED) is 0.417. The van der Waals surface area contributed by atoms with Crippen molar-refractivity contribution in [2.24, 2.45) is 0 Å². The fourth-order valence-electron chi connectivity index (χ4n) is 1.81. The van der Waals surface area contributed by atoms with Crippen LogP contribution in [0.4, 0.5) is 0 Å². The molecule has 0 aliphatic carbocycles. The van der Waals surface area contributed by atoms with Crippen LogP contribution in [0.15, 0.2) is 42.5 Å². The zero-order valence-corrected chi connectivity index (χ0v) is 17.4. The summed E-state index contributed by atoms with van der Waals surface area (Å²) in [6.07, 6.45) is 2.97. The van der Waals surface area contributed by atoms with Gasteiger partial charge in [-0.1, -0.05) is 45.0 Å². The molecule has 0 spiro atoms. The van der Waals surface area contributed by atoms with E-state index in [4.69, 9.17) is 16.0 Å². The Bertz CT molecular complexity index is 609. The predicted molar refractivity (Wildman–Crippen MR) is 106 cm³/mol. The number of halogens is 1. The molecular formula is C19H28ClNO3Si. The molecule has 25 heavy (non-hydrogen) atoms. The fourth-order valence-corrected chi connectivity index (χ4v) is 2.92. The second-order valence-electron chi connectivity index (χ2n) is 7.42. The second-order valence-corrected chi connectivity index (χ2v) is 12.5. The maximum Gasteiger partial charge on any atom is 0.251 e. The number of alkyl halides is 1. The maximum atomic E-state index is 12.4. The van der Waals surface area contributed by atoms with Gasteiger partial charge in [-0.05, 0) is 36.3 Å². The molecule has 1 N–H and O–H groups in total. The largest absolute Gasteiger partial charge is 0.414 e. The minimum Gasteiger partial charge on any atom is -0.414 e. The van der Waals surface area contributed by atoms with Gasteiger partial charge >= 0.3 is 0 Å². The lowest BCUT2D eigenvalue weighted by molar-refractivity contribution is -0.117. The van der Waals surface area contributed by atoms with E-state index >= 15 is 0 Å². The summed E-state index contributed by atoms with van der Waals surface area (Å²) >= 11 is 5.61. The molecule has 6 heteroatoms. The minimum absolute atomic E-state index is 0.0238. The van der Waals surface area contributed by atoms with Gasteiger partial charge in [0.1, 0.15) is 6.04 Å². The van der Waals surface area contributed by atoms with Crippen molar-refractivity contribution in [1.82, 2.24) is 5.32 Å². The van der Waals surface area contributed by atoms with E-state index in [9.17, 15) is 9.59 Å². The summed E-state index contributed by atoms with van der Waals surface area (Å²) < 4.78 is 6.13. The van der Waals surface area contributed by atoms with E-state index in [-0.39, 0.29) is 29.2 Å². The normalized spacial score (nSPS) is 13.7. The number of hydrogen-bond donors (Lipinski definition) is 1. The van der Waals surface area contributed by atoms with Gasteiger partial charge in [0.25, 0.3) is 5.91 Å². The van der Waals surface area contributed by atoms with Gasteiger partial charge in [0.2, 0.25) is 0 Å². The van der Waals surface area contributed by atoms with Crippen LogP contribution >= 0.6 is 11.6 Å². The SMILES string of the molecule is CC(C)(C)[Si](C)(C)OC[C@@H](NC(=O)c1ccccc1)C(=O)/C=C/CCl. The van der Waals surface area contributed by atoms with Crippen LogP contribution in [0.3, 0.4) is 0 Å². The highest BCUT2D eigenvalue weighted by molar-refractivity contribution is 6.74. The molecule has 0 bridgehead atoms. The smallest absolute Gasteiger partial charge is 0.251 e. The Morgan fingerprint density at radius 2 is 1.84 bits per heavy atom. The van der Waals surface area contributed by atoms with Crippen LogP contribution < -0.4 is 5.32 Å². The Balaban J connectivity index is 2.88. The molecule has 0 heterocycles. The first-order chi connectivity index (χ1) is 11.6. The van der Waals surface area contributed by atoms with Crippen LogP contribution in [0.2, 0.25) is 18.1 Å². The number of nitrogens with one attached hydrogen (secondary N) is 1. The molecule has 138 valence electrons. The Labute approximate surface area is 156 Å². The Morgan fingerprint density at radius 3 is 2.36 bits per heavy atom. The van der Waals surface area contributed by atoms with Crippen LogP contribution in [-0.2, 0) is 9.22 Å². The number of carbonyl (C=O) groups is 2. The average Bonchev–Trinajstić information content (AvgIpc) is 2.55. The van der Waals surface area contributed by atoms with Crippen LogP contribution in [-0.4, -0.2) is 38.5 Å². The van der Waals surface area contributed by atoms with E-state index in [0.717, 1.165) is 0 Å². The highest BCUT2D eigenvalue weighted by Crippen LogP contribution is 2.36. The van der Waals surface area contributed by atoms with Crippen LogP contribution in [0.1, 0.15) is 31.1 Å². The number of benzene rings is 1. The van der Waals surface area contributed by atoms with Gasteiger partial charge in [-0.3, -0.25) is 9.59 Å². The summed E-state index contributed by atoms with van der Waals surface area (Å²) in [6.45, 7) is 10.8. The van der Waals surface area contributed by atoms with Gasteiger partial charge in [-0.2, -0.15) is 0 Å². The van der Waals surface area contributed by atoms with Crippen LogP contribution in [0.5, 0.6) is 0 Å². The lowest BCUT2D eigenvalue weighted by atomic mass is 10.1. The van der Waals surface area contributed by atoms with E-state index in [1.165, 1.54) is 6.08 Å². The standard InChI is InChI=1S/C19H28ClNO3Si/c1-19(2,3)25(4,5)24-14-16(17(22)12-9-13-20)21-18(23)15-10-7-6-8-11-15/h6-12,16H,13-14H2,1-5H3,(H,21,23)/b12-9+/t16-/m1/s1. The molecule has 0 radical (unpaired) electrons. The summed E-state index contributed by atoms with van der Waals surface area (Å²) in [5.74, 6) is -0.269. The zero-order valence-electron chi connectivity index (χ0n) is 15.6. The van der Waals surface area contributed by atoms with Crippen molar-refractivity contribution in [3.8, 4) is 0 Å². The van der Waals surface area contributed by atoms with Crippen molar-refractivity contribution < 1.29 is 14.0 Å². The second kappa shape index (κ2) is 9.32. The Hall–Kier alpha value is -1.43. The van der Waals surface area contributed by atoms with Gasteiger partial charge in [-0.25, -0.2) is 0 Å². The molecule has 0 fully saturated rings. The summed E-state index contributed by atoms with van der Waals surface area (Å²) in [5, 5.41) is 2.80. The number of rotatable bonds is 8. The lowest BCUT2D eigenvalue weighted by Crippen LogP contribution is -2.49. The molecule has 1 aromatic rings. The molecule has 0 aliphatic rings. The first-order valence-electron chi connectivity index (χ1n) is 8.34. The van der Waals surface area contributed by atoms with Crippen molar-refractivity contribution in [2.75, 3.05) is 12.5 Å². The van der Waals surface area contributed by atoms with E-state index in [1.807, 2.05) is 6.07 Å². The highest BCUT2D eigenvalue weighted by atomic mass is 35.5. The molecule has 0 saturated carbocycles. The molecule has 1 amide bonds. The number of carbonyl (C=O) groups excluding carboxylic acids is 2. The third-order valence-electron chi connectivity index (χ3n) is 4.47. The van der Waals surface area contributed by atoms with E-state index in [2.05, 4.69) is 39.2 Å². The number of amides is 1. The first-order valence-corrected chi connectivity index (χ1v) is 11.8. The van der Waals surface area contributed by atoms with Gasteiger partial charge in [0.05, 0.1) is 6.61 Å². The molecule has 1 rings (SSSR count). The van der Waals surface area contributed by atoms with E-state index in [1.54, 1.807) is 30.3 Å². The average molecular weight is 382 g/mol. The van der Waals surface area contributed by atoms with Crippen molar-refractivity contribution in [1.29, 1.82) is 0 Å². The van der Waals surface area contributed by atoms with Crippen LogP contribution in [0, 0.1) is 0 Å². The zero-order chi connectivity index (χ0) is 19.1. The molecule has 0 saturated heterocycles. The Morgan fingerprint density at radius 1 is 1.24 bits per heavy atom. The summed E-state index contributed by atoms with van der Waals surface area (Å²) in [6, 6.07) is 8.08. The maximum absolute atomic E-state index is 12.4. The molecule has 1 atom stereocenters. The fraction of sp³-hybridized carbons (Fsp3) is 0.474. The molecule has 4 nitrogen and oxygen atoms in total. The van der Waals surface area contributed by atoms with E-state index < -0.39 is 14.4 Å². The predicted octanol–water partition coefficient (Wildman–Crippen LogP) is 4.17. The van der Waals surface area contributed by atoms with Gasteiger partial charge in [0, 0.05) is 11.4 Å². The first kappa shape index (κ1) is 21.6. The number of ketones is 1. The van der Waals surface area contributed by atoms with Gasteiger partial charge in [-0.15, -0.1) is 11.6 Å². The van der Waals surface area contributed by atoms with Gasteiger partial charge in [0.15, 0.2) is 14.1 Å². The van der Waals surface area contributed by atoms with Crippen molar-refractivity contribution in [3.05, 3.63) is 48.0 Å². The molecular weight excluding hydrogens is 354 g/mol. The van der Waals surface area contributed by atoms with Gasteiger partial charge < -0.3 is 9.74 Å². The van der Waals surface area contributed by atoms with E-state index in [0.29, 0.717) is 5.56 Å². The summed E-state index contributed by atoms with van der Waals surface area (Å²) in [5.41, 5.74) is 0.508. The third-order valence-corrected chi connectivity index (χ3v) is 9.15. The summed E-state index contributed by atoms with van der Waals surface area (Å²) in [7, 11) is -2.03.